The lowest BCUT2D eigenvalue weighted by atomic mass is 9.60. The van der Waals surface area contributed by atoms with Crippen LogP contribution in [0, 0.1) is 23.7 Å². The minimum Gasteiger partial charge on any atom is -0.356 e. The summed E-state index contributed by atoms with van der Waals surface area (Å²) in [7, 11) is 0. The second kappa shape index (κ2) is 7.18. The second-order valence-corrected chi connectivity index (χ2v) is 9.54. The number of amides is 2. The zero-order valence-electron chi connectivity index (χ0n) is 17.5. The van der Waals surface area contributed by atoms with Gasteiger partial charge in [-0.1, -0.05) is 32.0 Å². The number of carbonyl (C=O) groups is 2. The van der Waals surface area contributed by atoms with Crippen LogP contribution < -0.4 is 5.32 Å². The van der Waals surface area contributed by atoms with Crippen molar-refractivity contribution >= 4 is 11.8 Å². The van der Waals surface area contributed by atoms with Crippen LogP contribution in [0.2, 0.25) is 0 Å². The largest absolute Gasteiger partial charge is 0.356 e. The predicted molar refractivity (Wildman–Crippen MR) is 110 cm³/mol. The first kappa shape index (κ1) is 19.4. The smallest absolute Gasteiger partial charge is 0.254 e. The molecule has 3 heterocycles. The van der Waals surface area contributed by atoms with E-state index in [2.05, 4.69) is 24.1 Å². The highest BCUT2D eigenvalue weighted by Crippen LogP contribution is 2.56. The van der Waals surface area contributed by atoms with E-state index in [1.165, 1.54) is 0 Å². The molecule has 5 heteroatoms. The molecular weight excluding hydrogens is 350 g/mol. The Morgan fingerprint density at radius 3 is 2.46 bits per heavy atom. The molecule has 3 saturated heterocycles. The van der Waals surface area contributed by atoms with Crippen molar-refractivity contribution in [2.45, 2.75) is 40.0 Å². The predicted octanol–water partition coefficient (Wildman–Crippen LogP) is 2.70. The molecule has 3 fully saturated rings. The number of hydrogen-bond donors (Lipinski definition) is 1. The number of benzene rings is 1. The van der Waals surface area contributed by atoms with E-state index in [0.29, 0.717) is 5.92 Å². The Labute approximate surface area is 168 Å². The first-order valence-corrected chi connectivity index (χ1v) is 10.7. The number of carbonyl (C=O) groups excluding carboxylic acids is 2. The Morgan fingerprint density at radius 2 is 1.86 bits per heavy atom. The molecule has 2 spiro atoms. The van der Waals surface area contributed by atoms with Crippen molar-refractivity contribution in [3.63, 3.8) is 0 Å². The quantitative estimate of drug-likeness (QED) is 0.873. The first-order valence-electron chi connectivity index (χ1n) is 10.7. The van der Waals surface area contributed by atoms with Gasteiger partial charge in [0.1, 0.15) is 0 Å². The summed E-state index contributed by atoms with van der Waals surface area (Å²) in [4.78, 5) is 30.5. The number of likely N-dealkylation sites (tertiary alicyclic amines) is 2. The minimum absolute atomic E-state index is 0.00495. The van der Waals surface area contributed by atoms with E-state index in [-0.39, 0.29) is 22.6 Å². The maximum absolute atomic E-state index is 13.0. The van der Waals surface area contributed by atoms with Gasteiger partial charge in [-0.05, 0) is 43.7 Å². The van der Waals surface area contributed by atoms with Gasteiger partial charge in [0.15, 0.2) is 0 Å². The van der Waals surface area contributed by atoms with E-state index in [1.54, 1.807) is 0 Å². The molecule has 5 nitrogen and oxygen atoms in total. The minimum atomic E-state index is -0.264. The van der Waals surface area contributed by atoms with Crippen molar-refractivity contribution < 1.29 is 9.59 Å². The molecule has 0 aromatic heterocycles. The van der Waals surface area contributed by atoms with Crippen LogP contribution in [0.5, 0.6) is 0 Å². The third kappa shape index (κ3) is 3.04. The zero-order chi connectivity index (χ0) is 19.9. The standard InChI is InChI=1S/C23H33N3O2/c1-17(2)14-25-15-22(23(16-25)8-11-24-21(23)28)9-12-26(13-10-22)20(27)19-7-5-4-6-18(19)3/h4-7,17H,8-16H2,1-3H3,(H,24,28). The number of piperidine rings is 1. The molecule has 28 heavy (non-hydrogen) atoms. The van der Waals surface area contributed by atoms with E-state index in [0.717, 1.165) is 69.7 Å². The molecule has 2 amide bonds. The van der Waals surface area contributed by atoms with E-state index in [4.69, 9.17) is 0 Å². The van der Waals surface area contributed by atoms with Crippen molar-refractivity contribution in [2.75, 3.05) is 39.3 Å². The molecule has 0 radical (unpaired) electrons. The van der Waals surface area contributed by atoms with E-state index >= 15 is 0 Å². The Bertz CT molecular complexity index is 767. The molecular formula is C23H33N3O2. The molecule has 0 bridgehead atoms. The number of nitrogens with one attached hydrogen (secondary N) is 1. The highest BCUT2D eigenvalue weighted by Gasteiger charge is 2.63. The molecule has 152 valence electrons. The fourth-order valence-electron chi connectivity index (χ4n) is 5.92. The van der Waals surface area contributed by atoms with Crippen LogP contribution in [-0.4, -0.2) is 60.9 Å². The fraction of sp³-hybridized carbons (Fsp3) is 0.652. The third-order valence-electron chi connectivity index (χ3n) is 7.31. The summed E-state index contributed by atoms with van der Waals surface area (Å²) < 4.78 is 0. The van der Waals surface area contributed by atoms with Gasteiger partial charge in [0.05, 0.1) is 5.41 Å². The molecule has 3 aliphatic heterocycles. The highest BCUT2D eigenvalue weighted by molar-refractivity contribution is 5.95. The summed E-state index contributed by atoms with van der Waals surface area (Å²) in [5, 5.41) is 3.12. The molecule has 4 rings (SSSR count). The topological polar surface area (TPSA) is 52.7 Å². The average molecular weight is 384 g/mol. The Hall–Kier alpha value is -1.88. The molecule has 1 N–H and O–H groups in total. The lowest BCUT2D eigenvalue weighted by Crippen LogP contribution is -2.53. The van der Waals surface area contributed by atoms with Crippen molar-refractivity contribution in [2.24, 2.45) is 16.7 Å². The zero-order valence-corrected chi connectivity index (χ0v) is 17.5. The van der Waals surface area contributed by atoms with Crippen LogP contribution in [0.3, 0.4) is 0 Å². The number of rotatable bonds is 3. The van der Waals surface area contributed by atoms with E-state index in [1.807, 2.05) is 36.1 Å². The molecule has 1 atom stereocenters. The Balaban J connectivity index is 1.53. The SMILES string of the molecule is Cc1ccccc1C(=O)N1CCC2(CC1)CN(CC(C)C)CC21CCNC1=O. The van der Waals surface area contributed by atoms with Crippen LogP contribution in [0.15, 0.2) is 24.3 Å². The van der Waals surface area contributed by atoms with Gasteiger partial charge in [0, 0.05) is 50.2 Å². The van der Waals surface area contributed by atoms with Gasteiger partial charge in [-0.25, -0.2) is 0 Å². The van der Waals surface area contributed by atoms with Crippen molar-refractivity contribution in [3.05, 3.63) is 35.4 Å². The number of hydrogen-bond acceptors (Lipinski definition) is 3. The van der Waals surface area contributed by atoms with Gasteiger partial charge in [0.25, 0.3) is 5.91 Å². The summed E-state index contributed by atoms with van der Waals surface area (Å²) in [6.07, 6.45) is 2.78. The van der Waals surface area contributed by atoms with Crippen LogP contribution in [0.4, 0.5) is 0 Å². The van der Waals surface area contributed by atoms with Gasteiger partial charge < -0.3 is 15.1 Å². The van der Waals surface area contributed by atoms with Crippen molar-refractivity contribution in [3.8, 4) is 0 Å². The molecule has 1 aromatic rings. The van der Waals surface area contributed by atoms with Crippen LogP contribution in [0.1, 0.15) is 49.0 Å². The lowest BCUT2D eigenvalue weighted by Gasteiger charge is -2.46. The Morgan fingerprint density at radius 1 is 1.14 bits per heavy atom. The fourth-order valence-corrected chi connectivity index (χ4v) is 5.92. The molecule has 0 saturated carbocycles. The first-order chi connectivity index (χ1) is 13.4. The summed E-state index contributed by atoms with van der Waals surface area (Å²) >= 11 is 0. The Kier molecular flexibility index (Phi) is 4.98. The van der Waals surface area contributed by atoms with E-state index < -0.39 is 0 Å². The second-order valence-electron chi connectivity index (χ2n) is 9.54. The lowest BCUT2D eigenvalue weighted by molar-refractivity contribution is -0.133. The molecule has 1 aromatic carbocycles. The molecule has 3 aliphatic rings. The maximum atomic E-state index is 13.0. The van der Waals surface area contributed by atoms with E-state index in [9.17, 15) is 9.59 Å². The van der Waals surface area contributed by atoms with Crippen LogP contribution in [-0.2, 0) is 4.79 Å². The average Bonchev–Trinajstić information content (AvgIpc) is 3.16. The van der Waals surface area contributed by atoms with Gasteiger partial charge in [0.2, 0.25) is 5.91 Å². The van der Waals surface area contributed by atoms with Crippen LogP contribution in [0.25, 0.3) is 0 Å². The molecule has 0 aliphatic carbocycles. The highest BCUT2D eigenvalue weighted by atomic mass is 16.2. The normalized spacial score (nSPS) is 27.1. The number of fused-ring (bicyclic) bond motifs is 1. The summed E-state index contributed by atoms with van der Waals surface area (Å²) in [5.41, 5.74) is 1.58. The third-order valence-corrected chi connectivity index (χ3v) is 7.31. The van der Waals surface area contributed by atoms with Crippen LogP contribution >= 0.6 is 0 Å². The molecule has 1 unspecified atom stereocenters. The summed E-state index contributed by atoms with van der Waals surface area (Å²) in [6, 6.07) is 7.83. The maximum Gasteiger partial charge on any atom is 0.254 e. The van der Waals surface area contributed by atoms with Crippen molar-refractivity contribution in [1.29, 1.82) is 0 Å². The summed E-state index contributed by atoms with van der Waals surface area (Å²) in [5.74, 6) is 0.978. The van der Waals surface area contributed by atoms with Gasteiger partial charge in [-0.3, -0.25) is 9.59 Å². The van der Waals surface area contributed by atoms with Crippen molar-refractivity contribution in [1.82, 2.24) is 15.1 Å². The van der Waals surface area contributed by atoms with Gasteiger partial charge in [-0.15, -0.1) is 0 Å². The van der Waals surface area contributed by atoms with Gasteiger partial charge in [-0.2, -0.15) is 0 Å². The number of aryl methyl sites for hydroxylation is 1. The number of nitrogens with zero attached hydrogens (tertiary/aromatic N) is 2. The monoisotopic (exact) mass is 383 g/mol. The van der Waals surface area contributed by atoms with Gasteiger partial charge >= 0.3 is 0 Å². The summed E-state index contributed by atoms with van der Waals surface area (Å²) in [6.45, 7) is 11.7.